The van der Waals surface area contributed by atoms with Gasteiger partial charge in [0.25, 0.3) is 5.91 Å². The number of aromatic hydroxyl groups is 1. The molecule has 5 atom stereocenters. The van der Waals surface area contributed by atoms with Gasteiger partial charge in [-0.05, 0) is 59.5 Å². The summed E-state index contributed by atoms with van der Waals surface area (Å²) in [5.74, 6) is -0.869. The molecule has 1 aliphatic carbocycles. The van der Waals surface area contributed by atoms with Crippen molar-refractivity contribution in [2.75, 3.05) is 26.9 Å². The van der Waals surface area contributed by atoms with Gasteiger partial charge >= 0.3 is 0 Å². The second-order valence-corrected chi connectivity index (χ2v) is 14.7. The molecule has 1 saturated heterocycles. The Morgan fingerprint density at radius 2 is 1.82 bits per heavy atom. The number of amides is 1. The number of phenols is 1. The van der Waals surface area contributed by atoms with Crippen LogP contribution in [0.5, 0.6) is 17.2 Å². The van der Waals surface area contributed by atoms with E-state index in [0.29, 0.717) is 22.3 Å². The van der Waals surface area contributed by atoms with Crippen LogP contribution in [0.25, 0.3) is 21.7 Å². The molecule has 0 bridgehead atoms. The molecular weight excluding hydrogens is 708 g/mol. The van der Waals surface area contributed by atoms with Crippen molar-refractivity contribution in [2.45, 2.75) is 75.0 Å². The average molecular weight is 753 g/mol. The van der Waals surface area contributed by atoms with E-state index >= 15 is 0 Å². The van der Waals surface area contributed by atoms with Crippen molar-refractivity contribution in [3.05, 3.63) is 101 Å². The molecule has 0 radical (unpaired) electrons. The zero-order valence-electron chi connectivity index (χ0n) is 30.3. The summed E-state index contributed by atoms with van der Waals surface area (Å²) in [6.45, 7) is -1.13. The van der Waals surface area contributed by atoms with Crippen molar-refractivity contribution in [1.29, 1.82) is 0 Å². The van der Waals surface area contributed by atoms with E-state index in [4.69, 9.17) is 18.9 Å². The number of rotatable bonds is 12. The van der Waals surface area contributed by atoms with Gasteiger partial charge in [0, 0.05) is 40.8 Å². The van der Waals surface area contributed by atoms with E-state index in [1.165, 1.54) is 18.1 Å². The summed E-state index contributed by atoms with van der Waals surface area (Å²) in [4.78, 5) is 32.2. The molecule has 1 saturated carbocycles. The zero-order chi connectivity index (χ0) is 38.4. The van der Waals surface area contributed by atoms with E-state index in [1.54, 1.807) is 18.2 Å². The van der Waals surface area contributed by atoms with Gasteiger partial charge in [-0.15, -0.1) is 0 Å². The van der Waals surface area contributed by atoms with Gasteiger partial charge in [0.15, 0.2) is 11.4 Å². The number of aromatic amines is 1. The van der Waals surface area contributed by atoms with E-state index in [-0.39, 0.29) is 60.6 Å². The molecule has 6 N–H and O–H groups in total. The lowest BCUT2D eigenvalue weighted by atomic mass is 9.86. The molecule has 0 spiro atoms. The van der Waals surface area contributed by atoms with E-state index in [1.807, 2.05) is 48.7 Å². The first-order chi connectivity index (χ1) is 26.6. The third-order valence-electron chi connectivity index (χ3n) is 11.3. The molecule has 288 valence electrons. The first-order valence-electron chi connectivity index (χ1n) is 18.5. The number of nitrogens with one attached hydrogen (secondary N) is 1. The Morgan fingerprint density at radius 3 is 2.58 bits per heavy atom. The predicted octanol–water partition coefficient (Wildman–Crippen LogP) is 4.30. The summed E-state index contributed by atoms with van der Waals surface area (Å²) in [5.41, 5.74) is 1.35. The summed E-state index contributed by atoms with van der Waals surface area (Å²) in [5, 5.41) is 57.8. The number of ketones is 1. The molecule has 13 nitrogen and oxygen atoms in total. The fourth-order valence-corrected chi connectivity index (χ4v) is 8.32. The largest absolute Gasteiger partial charge is 0.506 e. The molecule has 4 aromatic carbocycles. The van der Waals surface area contributed by atoms with Crippen molar-refractivity contribution < 1.29 is 54.1 Å². The molecule has 3 heterocycles. The van der Waals surface area contributed by atoms with Crippen LogP contribution >= 0.6 is 0 Å². The fourth-order valence-electron chi connectivity index (χ4n) is 8.32. The quantitative estimate of drug-likeness (QED) is 0.0997. The van der Waals surface area contributed by atoms with Gasteiger partial charge in [0.2, 0.25) is 6.29 Å². The number of benzene rings is 4. The molecule has 1 amide bonds. The van der Waals surface area contributed by atoms with Crippen LogP contribution in [0.1, 0.15) is 69.0 Å². The lowest BCUT2D eigenvalue weighted by Crippen LogP contribution is -2.69. The Hall–Kier alpha value is -5.02. The maximum atomic E-state index is 14.3. The smallest absolute Gasteiger partial charge is 0.254 e. The van der Waals surface area contributed by atoms with Crippen LogP contribution in [0.15, 0.2) is 72.9 Å². The summed E-state index contributed by atoms with van der Waals surface area (Å²) in [7, 11) is 1.45. The van der Waals surface area contributed by atoms with E-state index in [9.17, 15) is 35.1 Å². The summed E-state index contributed by atoms with van der Waals surface area (Å²) in [6, 6.07) is 19.8. The highest BCUT2D eigenvalue weighted by Gasteiger charge is 2.56. The maximum absolute atomic E-state index is 14.3. The van der Waals surface area contributed by atoms with Crippen LogP contribution in [0, 0.1) is 0 Å². The van der Waals surface area contributed by atoms with E-state index in [2.05, 4.69) is 4.98 Å². The lowest BCUT2D eigenvalue weighted by molar-refractivity contribution is -0.329. The Kier molecular flexibility index (Phi) is 10.0. The Morgan fingerprint density at radius 1 is 1.05 bits per heavy atom. The topological polar surface area (TPSA) is 191 Å². The monoisotopic (exact) mass is 752 g/mol. The number of Topliss-reactive ketones (excluding diaryl/α,β-unsaturated/α-hetero) is 1. The highest BCUT2D eigenvalue weighted by molar-refractivity contribution is 6.11. The number of phenolic OH excluding ortho intramolecular Hbond substituents is 1. The number of aromatic nitrogens is 1. The molecule has 5 aromatic rings. The van der Waals surface area contributed by atoms with Gasteiger partial charge in [0.05, 0.1) is 44.4 Å². The van der Waals surface area contributed by atoms with Crippen LogP contribution < -0.4 is 9.47 Å². The number of methoxy groups -OCH3 is 1. The maximum Gasteiger partial charge on any atom is 0.254 e. The molecule has 0 unspecified atom stereocenters. The lowest BCUT2D eigenvalue weighted by Gasteiger charge is -2.47. The third-order valence-corrected chi connectivity index (χ3v) is 11.3. The first-order valence-corrected chi connectivity index (χ1v) is 18.5. The predicted molar refractivity (Wildman–Crippen MR) is 200 cm³/mol. The number of carbonyl (C=O) groups excluding carboxylic acids is 2. The van der Waals surface area contributed by atoms with Crippen molar-refractivity contribution in [1.82, 2.24) is 9.88 Å². The Balaban J connectivity index is 1.13. The highest BCUT2D eigenvalue weighted by atomic mass is 16.7. The minimum atomic E-state index is -2.52. The number of hydrogen-bond acceptors (Lipinski definition) is 11. The third kappa shape index (κ3) is 6.60. The van der Waals surface area contributed by atoms with Crippen molar-refractivity contribution in [2.24, 2.45) is 0 Å². The minimum Gasteiger partial charge on any atom is -0.506 e. The number of aliphatic hydroxyl groups is 4. The van der Waals surface area contributed by atoms with Crippen LogP contribution in [0.2, 0.25) is 0 Å². The van der Waals surface area contributed by atoms with Crippen LogP contribution in [0.4, 0.5) is 0 Å². The average Bonchev–Trinajstić information content (AvgIpc) is 3.95. The highest BCUT2D eigenvalue weighted by Crippen LogP contribution is 2.47. The Labute approximate surface area is 316 Å². The first kappa shape index (κ1) is 36.9. The number of hydrogen-bond donors (Lipinski definition) is 6. The van der Waals surface area contributed by atoms with Gasteiger partial charge < -0.3 is 54.4 Å². The summed E-state index contributed by atoms with van der Waals surface area (Å²) >= 11 is 0. The molecule has 1 aromatic heterocycles. The Bertz CT molecular complexity index is 2250. The molecule has 55 heavy (non-hydrogen) atoms. The van der Waals surface area contributed by atoms with Crippen molar-refractivity contribution in [3.8, 4) is 17.2 Å². The van der Waals surface area contributed by atoms with Crippen LogP contribution in [0.3, 0.4) is 0 Å². The minimum absolute atomic E-state index is 0.0147. The number of H-pyrrole nitrogens is 1. The summed E-state index contributed by atoms with van der Waals surface area (Å²) in [6.07, 6.45) is -1.24. The number of ether oxygens (including phenoxy) is 4. The molecule has 8 rings (SSSR count). The van der Waals surface area contributed by atoms with Gasteiger partial charge in [-0.2, -0.15) is 0 Å². The zero-order valence-corrected chi connectivity index (χ0v) is 30.3. The molecule has 3 aliphatic rings. The summed E-state index contributed by atoms with van der Waals surface area (Å²) < 4.78 is 23.8. The van der Waals surface area contributed by atoms with Gasteiger partial charge in [-0.3, -0.25) is 9.59 Å². The molecule has 2 aliphatic heterocycles. The number of carbonyl (C=O) groups is 2. The van der Waals surface area contributed by atoms with E-state index < -0.39 is 42.6 Å². The molecular formula is C42H44N2O11. The number of fused-ring (bicyclic) bond motifs is 3. The molecule has 13 heteroatoms. The fraction of sp³-hybridized carbons (Fsp3) is 0.381. The number of aliphatic hydroxyl groups excluding tert-OH is 3. The molecule has 2 fully saturated rings. The SMILES string of the molecule is COc1cc(O[C@H]2O[C@H](COCc3c[nH]c4ccccc34)[C@@H](O)[C@H](O)[C@]2(O)CO)c2c(O)c(C(=O)CN3Cc4ccccc4C3=O)c(C3CCCC3)cc2c1. The number of nitrogens with zero attached hydrogens (tertiary/aromatic N) is 1. The van der Waals surface area contributed by atoms with Gasteiger partial charge in [0.1, 0.15) is 35.6 Å². The van der Waals surface area contributed by atoms with Crippen molar-refractivity contribution in [3.63, 3.8) is 0 Å². The standard InChI is InChI=1S/C42H44N2O11/c1-52-27-14-25-15-30(23-8-2-3-9-23)36(32(46)19-44-18-24-10-4-5-12-29(24)40(44)50)38(48)35(25)33(16-27)54-41-42(51,22-45)39(49)37(47)34(55-41)21-53-20-26-17-43-31-13-7-6-11-28(26)31/h4-7,10-17,23,34,37,39,41,43,45,47-49,51H,2-3,8-9,18-22H2,1H3/t34-,37-,39+,41+,42-/m1/s1. The number of para-hydroxylation sites is 1. The van der Waals surface area contributed by atoms with Crippen molar-refractivity contribution >= 4 is 33.4 Å². The van der Waals surface area contributed by atoms with E-state index in [0.717, 1.165) is 47.7 Å². The van der Waals surface area contributed by atoms with Crippen LogP contribution in [-0.4, -0.2) is 104 Å². The van der Waals surface area contributed by atoms with Gasteiger partial charge in [-0.25, -0.2) is 0 Å². The van der Waals surface area contributed by atoms with Gasteiger partial charge in [-0.1, -0.05) is 49.2 Å². The second kappa shape index (κ2) is 14.9. The second-order valence-electron chi connectivity index (χ2n) is 14.7. The van der Waals surface area contributed by atoms with Crippen LogP contribution in [-0.2, 0) is 22.6 Å². The normalized spacial score (nSPS) is 24.2.